The zero-order valence-corrected chi connectivity index (χ0v) is 16.3. The van der Waals surface area contributed by atoms with Crippen molar-refractivity contribution >= 4 is 16.8 Å². The van der Waals surface area contributed by atoms with Crippen LogP contribution in [0.4, 0.5) is 4.39 Å². The van der Waals surface area contributed by atoms with Crippen LogP contribution in [-0.4, -0.2) is 17.6 Å². The first-order valence-electron chi connectivity index (χ1n) is 9.38. The van der Waals surface area contributed by atoms with Crippen molar-refractivity contribution in [3.63, 3.8) is 0 Å². The van der Waals surface area contributed by atoms with Gasteiger partial charge in [-0.25, -0.2) is 4.39 Å². The number of fused-ring (bicyclic) bond motifs is 1. The number of para-hydroxylation sites is 1. The fourth-order valence-electron chi connectivity index (χ4n) is 3.29. The number of ether oxygens (including phenoxy) is 1. The molecule has 4 rings (SSSR count). The molecule has 0 saturated heterocycles. The van der Waals surface area contributed by atoms with Gasteiger partial charge in [0.15, 0.2) is 5.43 Å². The summed E-state index contributed by atoms with van der Waals surface area (Å²) in [6, 6.07) is 20.1. The molecule has 1 N–H and O–H groups in total. The number of hydrogen-bond acceptors (Lipinski definition) is 3. The summed E-state index contributed by atoms with van der Waals surface area (Å²) < 4.78 is 20.3. The van der Waals surface area contributed by atoms with E-state index in [1.807, 2.05) is 41.0 Å². The molecule has 0 aliphatic heterocycles. The van der Waals surface area contributed by atoms with Gasteiger partial charge in [-0.3, -0.25) is 9.59 Å². The lowest BCUT2D eigenvalue weighted by Crippen LogP contribution is -2.27. The molecule has 4 aromatic rings. The Morgan fingerprint density at radius 2 is 1.77 bits per heavy atom. The minimum atomic E-state index is -0.415. The molecule has 0 atom stereocenters. The second-order valence-electron chi connectivity index (χ2n) is 6.76. The number of nitrogens with one attached hydrogen (secondary N) is 1. The van der Waals surface area contributed by atoms with Crippen molar-refractivity contribution < 1.29 is 13.9 Å². The van der Waals surface area contributed by atoms with Crippen molar-refractivity contribution in [2.24, 2.45) is 0 Å². The van der Waals surface area contributed by atoms with Crippen molar-refractivity contribution in [2.45, 2.75) is 6.54 Å². The monoisotopic (exact) mass is 402 g/mol. The summed E-state index contributed by atoms with van der Waals surface area (Å²) in [5, 5.41) is 3.26. The van der Waals surface area contributed by atoms with Crippen LogP contribution in [0.15, 0.2) is 83.8 Å². The first-order chi connectivity index (χ1) is 14.6. The third kappa shape index (κ3) is 3.80. The molecule has 150 valence electrons. The Labute approximate surface area is 172 Å². The molecule has 1 amide bonds. The number of hydrogen-bond donors (Lipinski definition) is 1. The van der Waals surface area contributed by atoms with Crippen LogP contribution in [-0.2, 0) is 6.54 Å². The van der Waals surface area contributed by atoms with Crippen LogP contribution in [0.2, 0.25) is 0 Å². The van der Waals surface area contributed by atoms with Crippen molar-refractivity contribution in [2.75, 3.05) is 7.11 Å². The molecule has 0 unspecified atom stereocenters. The maximum absolute atomic E-state index is 13.1. The molecule has 30 heavy (non-hydrogen) atoms. The van der Waals surface area contributed by atoms with Crippen LogP contribution in [0.1, 0.15) is 15.9 Å². The zero-order valence-electron chi connectivity index (χ0n) is 16.3. The number of carbonyl (C=O) groups excluding carboxylic acids is 1. The summed E-state index contributed by atoms with van der Waals surface area (Å²) in [4.78, 5) is 25.4. The highest BCUT2D eigenvalue weighted by Crippen LogP contribution is 2.22. The average molecular weight is 402 g/mol. The Bertz CT molecular complexity index is 1270. The summed E-state index contributed by atoms with van der Waals surface area (Å²) in [6.45, 7) is 0.0455. The van der Waals surface area contributed by atoms with Gasteiger partial charge in [-0.2, -0.15) is 0 Å². The number of nitrogens with zero attached hydrogens (tertiary/aromatic N) is 1. The van der Waals surface area contributed by atoms with Crippen molar-refractivity contribution in [1.82, 2.24) is 9.88 Å². The molecule has 0 aliphatic rings. The molecular formula is C24H19FN2O3. The Kier molecular flexibility index (Phi) is 5.30. The second-order valence-corrected chi connectivity index (χ2v) is 6.76. The fraction of sp³-hybridized carbons (Fsp3) is 0.0833. The van der Waals surface area contributed by atoms with Crippen LogP contribution in [0.3, 0.4) is 0 Å². The summed E-state index contributed by atoms with van der Waals surface area (Å²) in [6.07, 6.45) is 1.73. The molecule has 1 heterocycles. The number of carbonyl (C=O) groups is 1. The standard InChI is InChI=1S/C24H19FN2O3/c1-30-20-11-12-21-22(13-20)27(19-5-3-2-4-6-19)15-17(23(21)28)14-26-24(29)16-7-9-18(25)10-8-16/h2-13,15H,14H2,1H3,(H,26,29). The highest BCUT2D eigenvalue weighted by Gasteiger charge is 2.13. The van der Waals surface area contributed by atoms with Crippen LogP contribution in [0.5, 0.6) is 5.75 Å². The van der Waals surface area contributed by atoms with Crippen molar-refractivity contribution in [1.29, 1.82) is 0 Å². The number of aromatic nitrogens is 1. The van der Waals surface area contributed by atoms with E-state index in [0.717, 1.165) is 5.69 Å². The van der Waals surface area contributed by atoms with Crippen LogP contribution < -0.4 is 15.5 Å². The average Bonchev–Trinajstić information content (AvgIpc) is 2.79. The molecule has 0 saturated carbocycles. The molecule has 0 spiro atoms. The highest BCUT2D eigenvalue weighted by atomic mass is 19.1. The van der Waals surface area contributed by atoms with E-state index in [1.54, 1.807) is 25.4 Å². The van der Waals surface area contributed by atoms with Gasteiger partial charge in [0.2, 0.25) is 0 Å². The fourth-order valence-corrected chi connectivity index (χ4v) is 3.29. The Morgan fingerprint density at radius 1 is 1.03 bits per heavy atom. The molecule has 1 aromatic heterocycles. The number of amides is 1. The number of halogens is 1. The number of methoxy groups -OCH3 is 1. The quantitative estimate of drug-likeness (QED) is 0.548. The lowest BCUT2D eigenvalue weighted by molar-refractivity contribution is 0.0950. The summed E-state index contributed by atoms with van der Waals surface area (Å²) >= 11 is 0. The lowest BCUT2D eigenvalue weighted by atomic mass is 10.1. The van der Waals surface area contributed by atoms with Crippen LogP contribution in [0, 0.1) is 5.82 Å². The predicted molar refractivity (Wildman–Crippen MR) is 114 cm³/mol. The number of rotatable bonds is 5. The molecule has 5 nitrogen and oxygen atoms in total. The zero-order chi connectivity index (χ0) is 21.1. The first kappa shape index (κ1) is 19.4. The molecule has 3 aromatic carbocycles. The second kappa shape index (κ2) is 8.21. The minimum Gasteiger partial charge on any atom is -0.497 e. The minimum absolute atomic E-state index is 0.0455. The van der Waals surface area contributed by atoms with Gasteiger partial charge in [0.05, 0.1) is 12.6 Å². The Hall–Kier alpha value is -3.93. The van der Waals surface area contributed by atoms with E-state index in [0.29, 0.717) is 27.8 Å². The third-order valence-electron chi connectivity index (χ3n) is 4.87. The van der Waals surface area contributed by atoms with Crippen LogP contribution in [0.25, 0.3) is 16.6 Å². The molecule has 0 bridgehead atoms. The van der Waals surface area contributed by atoms with E-state index in [2.05, 4.69) is 5.32 Å². The van der Waals surface area contributed by atoms with E-state index in [-0.39, 0.29) is 17.9 Å². The van der Waals surface area contributed by atoms with E-state index in [9.17, 15) is 14.0 Å². The maximum atomic E-state index is 13.1. The van der Waals surface area contributed by atoms with Gasteiger partial charge >= 0.3 is 0 Å². The lowest BCUT2D eigenvalue weighted by Gasteiger charge is -2.15. The smallest absolute Gasteiger partial charge is 0.251 e. The van der Waals surface area contributed by atoms with Gasteiger partial charge in [0, 0.05) is 41.0 Å². The molecule has 0 radical (unpaired) electrons. The molecule has 6 heteroatoms. The van der Waals surface area contributed by atoms with E-state index >= 15 is 0 Å². The SMILES string of the molecule is COc1ccc2c(=O)c(CNC(=O)c3ccc(F)cc3)cn(-c3ccccc3)c2c1. The van der Waals surface area contributed by atoms with Gasteiger partial charge in [0.1, 0.15) is 11.6 Å². The predicted octanol–water partition coefficient (Wildman–Crippen LogP) is 4.07. The van der Waals surface area contributed by atoms with Gasteiger partial charge < -0.3 is 14.6 Å². The van der Waals surface area contributed by atoms with Crippen molar-refractivity contribution in [3.05, 3.63) is 106 Å². The summed E-state index contributed by atoms with van der Waals surface area (Å²) in [7, 11) is 1.57. The first-order valence-corrected chi connectivity index (χ1v) is 9.38. The summed E-state index contributed by atoms with van der Waals surface area (Å²) in [5.41, 5.74) is 2.18. The number of benzene rings is 3. The van der Waals surface area contributed by atoms with Gasteiger partial charge in [-0.05, 0) is 48.5 Å². The third-order valence-corrected chi connectivity index (χ3v) is 4.87. The molecule has 0 fully saturated rings. The maximum Gasteiger partial charge on any atom is 0.251 e. The normalized spacial score (nSPS) is 10.7. The van der Waals surface area contributed by atoms with E-state index in [4.69, 9.17) is 4.74 Å². The van der Waals surface area contributed by atoms with Gasteiger partial charge in [-0.1, -0.05) is 18.2 Å². The van der Waals surface area contributed by atoms with E-state index < -0.39 is 5.82 Å². The Morgan fingerprint density at radius 3 is 2.47 bits per heavy atom. The van der Waals surface area contributed by atoms with E-state index in [1.165, 1.54) is 24.3 Å². The highest BCUT2D eigenvalue weighted by molar-refractivity contribution is 5.94. The van der Waals surface area contributed by atoms with Crippen molar-refractivity contribution in [3.8, 4) is 11.4 Å². The van der Waals surface area contributed by atoms with Gasteiger partial charge in [0.25, 0.3) is 5.91 Å². The largest absolute Gasteiger partial charge is 0.497 e. The summed E-state index contributed by atoms with van der Waals surface area (Å²) in [5.74, 6) is -0.151. The molecule has 0 aliphatic carbocycles. The number of pyridine rings is 1. The topological polar surface area (TPSA) is 60.3 Å². The Balaban J connectivity index is 1.75. The van der Waals surface area contributed by atoms with Crippen LogP contribution >= 0.6 is 0 Å². The molecular weight excluding hydrogens is 383 g/mol. The van der Waals surface area contributed by atoms with Gasteiger partial charge in [-0.15, -0.1) is 0 Å².